The van der Waals surface area contributed by atoms with Gasteiger partial charge in [0.2, 0.25) is 0 Å². The SMILES string of the molecule is NC(=NO)c1ccc(CNC(=O)Oc2ccccc2)cc1. The van der Waals surface area contributed by atoms with Crippen LogP contribution in [0.3, 0.4) is 0 Å². The second-order valence-corrected chi connectivity index (χ2v) is 4.24. The van der Waals surface area contributed by atoms with Gasteiger partial charge < -0.3 is 21.0 Å². The third-order valence-electron chi connectivity index (χ3n) is 2.75. The highest BCUT2D eigenvalue weighted by Gasteiger charge is 2.04. The Bertz CT molecular complexity index is 624. The predicted octanol–water partition coefficient (Wildman–Crippen LogP) is 2.07. The number of nitrogens with zero attached hydrogens (tertiary/aromatic N) is 1. The average Bonchev–Trinajstić information content (AvgIpc) is 2.53. The fraction of sp³-hybridized carbons (Fsp3) is 0.0667. The summed E-state index contributed by atoms with van der Waals surface area (Å²) in [5, 5.41) is 14.1. The number of carbonyl (C=O) groups excluding carboxylic acids is 1. The van der Waals surface area contributed by atoms with Gasteiger partial charge in [0.1, 0.15) is 5.75 Å². The van der Waals surface area contributed by atoms with Gasteiger partial charge in [-0.05, 0) is 17.7 Å². The van der Waals surface area contributed by atoms with Crippen molar-refractivity contribution in [1.29, 1.82) is 0 Å². The van der Waals surface area contributed by atoms with Crippen molar-refractivity contribution < 1.29 is 14.7 Å². The van der Waals surface area contributed by atoms with Gasteiger partial charge in [-0.2, -0.15) is 0 Å². The molecule has 0 atom stereocenters. The van der Waals surface area contributed by atoms with E-state index in [2.05, 4.69) is 10.5 Å². The van der Waals surface area contributed by atoms with Crippen LogP contribution in [0.5, 0.6) is 5.75 Å². The van der Waals surface area contributed by atoms with Crippen molar-refractivity contribution in [3.05, 3.63) is 65.7 Å². The summed E-state index contributed by atoms with van der Waals surface area (Å²) >= 11 is 0. The first-order valence-corrected chi connectivity index (χ1v) is 6.26. The zero-order valence-corrected chi connectivity index (χ0v) is 11.2. The van der Waals surface area contributed by atoms with Gasteiger partial charge in [0.15, 0.2) is 5.84 Å². The quantitative estimate of drug-likeness (QED) is 0.347. The van der Waals surface area contributed by atoms with Crippen LogP contribution in [0, 0.1) is 0 Å². The third-order valence-corrected chi connectivity index (χ3v) is 2.75. The second kappa shape index (κ2) is 6.95. The Morgan fingerprint density at radius 1 is 1.14 bits per heavy atom. The second-order valence-electron chi connectivity index (χ2n) is 4.24. The molecule has 0 spiro atoms. The molecular formula is C15H15N3O3. The van der Waals surface area contributed by atoms with E-state index in [1.54, 1.807) is 48.5 Å². The Balaban J connectivity index is 1.87. The lowest BCUT2D eigenvalue weighted by Crippen LogP contribution is -2.26. The van der Waals surface area contributed by atoms with Gasteiger partial charge in [-0.1, -0.05) is 47.6 Å². The normalized spacial score (nSPS) is 11.0. The number of hydrogen-bond acceptors (Lipinski definition) is 4. The van der Waals surface area contributed by atoms with Crippen LogP contribution in [0.15, 0.2) is 59.8 Å². The van der Waals surface area contributed by atoms with E-state index < -0.39 is 6.09 Å². The molecule has 4 N–H and O–H groups in total. The summed E-state index contributed by atoms with van der Waals surface area (Å²) in [5.41, 5.74) is 6.94. The molecular weight excluding hydrogens is 270 g/mol. The lowest BCUT2D eigenvalue weighted by atomic mass is 10.1. The maximum atomic E-state index is 11.6. The predicted molar refractivity (Wildman–Crippen MR) is 78.3 cm³/mol. The van der Waals surface area contributed by atoms with Gasteiger partial charge in [-0.25, -0.2) is 4.79 Å². The lowest BCUT2D eigenvalue weighted by molar-refractivity contribution is 0.200. The van der Waals surface area contributed by atoms with Crippen molar-refractivity contribution in [2.45, 2.75) is 6.54 Å². The minimum atomic E-state index is -0.526. The molecule has 1 amide bonds. The molecule has 108 valence electrons. The zero-order chi connectivity index (χ0) is 15.1. The molecule has 0 heterocycles. The summed E-state index contributed by atoms with van der Waals surface area (Å²) < 4.78 is 5.09. The summed E-state index contributed by atoms with van der Waals surface area (Å²) in [6, 6.07) is 15.8. The Morgan fingerprint density at radius 3 is 2.43 bits per heavy atom. The number of benzene rings is 2. The minimum absolute atomic E-state index is 0.0398. The molecule has 0 fully saturated rings. The van der Waals surface area contributed by atoms with Crippen molar-refractivity contribution in [2.24, 2.45) is 10.9 Å². The Hall–Kier alpha value is -3.02. The van der Waals surface area contributed by atoms with Crippen LogP contribution in [-0.4, -0.2) is 17.1 Å². The summed E-state index contributed by atoms with van der Waals surface area (Å²) in [6.45, 7) is 0.322. The number of hydrogen-bond donors (Lipinski definition) is 3. The molecule has 6 heteroatoms. The van der Waals surface area contributed by atoms with E-state index in [4.69, 9.17) is 15.7 Å². The number of para-hydroxylation sites is 1. The van der Waals surface area contributed by atoms with Crippen molar-refractivity contribution in [1.82, 2.24) is 5.32 Å². The van der Waals surface area contributed by atoms with E-state index in [1.807, 2.05) is 6.07 Å². The van der Waals surface area contributed by atoms with Gasteiger partial charge in [0.05, 0.1) is 0 Å². The molecule has 0 unspecified atom stereocenters. The summed E-state index contributed by atoms with van der Waals surface area (Å²) in [5.74, 6) is 0.523. The highest BCUT2D eigenvalue weighted by atomic mass is 16.6. The van der Waals surface area contributed by atoms with Gasteiger partial charge in [0, 0.05) is 12.1 Å². The van der Waals surface area contributed by atoms with E-state index >= 15 is 0 Å². The van der Waals surface area contributed by atoms with Crippen LogP contribution < -0.4 is 15.8 Å². The fourth-order valence-electron chi connectivity index (χ4n) is 1.66. The number of amides is 1. The molecule has 0 saturated carbocycles. The maximum absolute atomic E-state index is 11.6. The first-order chi connectivity index (χ1) is 10.2. The summed E-state index contributed by atoms with van der Waals surface area (Å²) in [4.78, 5) is 11.6. The van der Waals surface area contributed by atoms with Gasteiger partial charge in [-0.15, -0.1) is 0 Å². The molecule has 0 aliphatic rings. The molecule has 6 nitrogen and oxygen atoms in total. The molecule has 21 heavy (non-hydrogen) atoms. The van der Waals surface area contributed by atoms with E-state index in [-0.39, 0.29) is 5.84 Å². The van der Waals surface area contributed by atoms with Crippen molar-refractivity contribution in [3.8, 4) is 5.75 Å². The molecule has 0 aliphatic carbocycles. The number of carbonyl (C=O) groups is 1. The largest absolute Gasteiger partial charge is 0.412 e. The van der Waals surface area contributed by atoms with Crippen molar-refractivity contribution in [2.75, 3.05) is 0 Å². The van der Waals surface area contributed by atoms with Gasteiger partial charge >= 0.3 is 6.09 Å². The highest BCUT2D eigenvalue weighted by molar-refractivity contribution is 5.96. The topological polar surface area (TPSA) is 96.9 Å². The minimum Gasteiger partial charge on any atom is -0.410 e. The van der Waals surface area contributed by atoms with E-state index in [9.17, 15) is 4.79 Å². The van der Waals surface area contributed by atoms with E-state index in [0.717, 1.165) is 5.56 Å². The molecule has 2 aromatic carbocycles. The molecule has 0 aromatic heterocycles. The van der Waals surface area contributed by atoms with Crippen molar-refractivity contribution in [3.63, 3.8) is 0 Å². The van der Waals surface area contributed by atoms with Crippen LogP contribution in [0.2, 0.25) is 0 Å². The number of rotatable bonds is 4. The average molecular weight is 285 g/mol. The third kappa shape index (κ3) is 4.24. The van der Waals surface area contributed by atoms with Crippen LogP contribution >= 0.6 is 0 Å². The van der Waals surface area contributed by atoms with Crippen LogP contribution in [0.25, 0.3) is 0 Å². The number of amidine groups is 1. The number of oxime groups is 1. The molecule has 0 saturated heterocycles. The first-order valence-electron chi connectivity index (χ1n) is 6.26. The summed E-state index contributed by atoms with van der Waals surface area (Å²) in [6.07, 6.45) is -0.526. The molecule has 0 radical (unpaired) electrons. The van der Waals surface area contributed by atoms with Crippen molar-refractivity contribution >= 4 is 11.9 Å². The van der Waals surface area contributed by atoms with Gasteiger partial charge in [0.25, 0.3) is 0 Å². The fourth-order valence-corrected chi connectivity index (χ4v) is 1.66. The Morgan fingerprint density at radius 2 is 1.81 bits per heavy atom. The monoisotopic (exact) mass is 285 g/mol. The Kier molecular flexibility index (Phi) is 4.76. The molecule has 0 aliphatic heterocycles. The first kappa shape index (κ1) is 14.4. The van der Waals surface area contributed by atoms with Crippen LogP contribution in [0.4, 0.5) is 4.79 Å². The number of ether oxygens (including phenoxy) is 1. The zero-order valence-electron chi connectivity index (χ0n) is 11.2. The lowest BCUT2D eigenvalue weighted by Gasteiger charge is -2.07. The molecule has 2 rings (SSSR count). The number of nitrogens with one attached hydrogen (secondary N) is 1. The Labute approximate surface area is 121 Å². The highest BCUT2D eigenvalue weighted by Crippen LogP contribution is 2.08. The van der Waals surface area contributed by atoms with E-state index in [0.29, 0.717) is 17.9 Å². The van der Waals surface area contributed by atoms with Crippen LogP contribution in [0.1, 0.15) is 11.1 Å². The van der Waals surface area contributed by atoms with Gasteiger partial charge in [-0.3, -0.25) is 0 Å². The maximum Gasteiger partial charge on any atom is 0.412 e. The summed E-state index contributed by atoms with van der Waals surface area (Å²) in [7, 11) is 0. The smallest absolute Gasteiger partial charge is 0.410 e. The molecule has 2 aromatic rings. The molecule has 0 bridgehead atoms. The van der Waals surface area contributed by atoms with E-state index in [1.165, 1.54) is 0 Å². The van der Waals surface area contributed by atoms with Crippen LogP contribution in [-0.2, 0) is 6.54 Å². The number of nitrogens with two attached hydrogens (primary N) is 1. The standard InChI is InChI=1S/C15H15N3O3/c16-14(18-20)12-8-6-11(7-9-12)10-17-15(19)21-13-4-2-1-3-5-13/h1-9,20H,10H2,(H2,16,18)(H,17,19).